The first-order valence-electron chi connectivity index (χ1n) is 11.4. The van der Waals surface area contributed by atoms with Crippen molar-refractivity contribution in [2.24, 2.45) is 13.0 Å². The van der Waals surface area contributed by atoms with Crippen LogP contribution in [0.4, 0.5) is 5.69 Å². The maximum atomic E-state index is 11.8. The van der Waals surface area contributed by atoms with Crippen molar-refractivity contribution in [2.75, 3.05) is 17.6 Å². The first-order chi connectivity index (χ1) is 16.8. The quantitative estimate of drug-likeness (QED) is 0.419. The van der Waals surface area contributed by atoms with Gasteiger partial charge >= 0.3 is 0 Å². The fraction of sp³-hybridized carbons (Fsp3) is 0.222. The van der Waals surface area contributed by atoms with Crippen LogP contribution in [0.25, 0.3) is 22.4 Å². The van der Waals surface area contributed by atoms with E-state index in [2.05, 4.69) is 15.9 Å². The number of sulfonamides is 1. The van der Waals surface area contributed by atoms with E-state index in [4.69, 9.17) is 4.74 Å². The number of hydrogen-bond donors (Lipinski definition) is 2. The molecule has 2 N–H and O–H groups in total. The van der Waals surface area contributed by atoms with E-state index in [0.29, 0.717) is 24.5 Å². The van der Waals surface area contributed by atoms with E-state index in [1.807, 2.05) is 72.4 Å². The summed E-state index contributed by atoms with van der Waals surface area (Å²) < 4.78 is 34.1. The van der Waals surface area contributed by atoms with E-state index in [9.17, 15) is 13.5 Å². The van der Waals surface area contributed by atoms with Crippen molar-refractivity contribution in [2.45, 2.75) is 12.5 Å². The Balaban J connectivity index is 1.38. The molecular formula is C27H27N3O4S. The Bertz CT molecular complexity index is 1470. The minimum Gasteiger partial charge on any atom is -0.493 e. The van der Waals surface area contributed by atoms with E-state index >= 15 is 0 Å². The maximum Gasteiger partial charge on any atom is 0.229 e. The van der Waals surface area contributed by atoms with Crippen LogP contribution in [0.5, 0.6) is 5.75 Å². The molecule has 0 radical (unpaired) electrons. The number of ether oxygens (including phenoxy) is 1. The van der Waals surface area contributed by atoms with Gasteiger partial charge in [0.1, 0.15) is 5.75 Å². The summed E-state index contributed by atoms with van der Waals surface area (Å²) in [5, 5.41) is 15.8. The van der Waals surface area contributed by atoms with Crippen LogP contribution in [0.3, 0.4) is 0 Å². The van der Waals surface area contributed by atoms with Crippen LogP contribution >= 0.6 is 0 Å². The van der Waals surface area contributed by atoms with Gasteiger partial charge in [-0.3, -0.25) is 9.40 Å². The van der Waals surface area contributed by atoms with Gasteiger partial charge in [-0.1, -0.05) is 60.7 Å². The molecule has 2 heterocycles. The fourth-order valence-corrected chi connectivity index (χ4v) is 5.10. The van der Waals surface area contributed by atoms with Gasteiger partial charge in [-0.25, -0.2) is 8.42 Å². The highest BCUT2D eigenvalue weighted by Crippen LogP contribution is 2.40. The number of hydrogen-bond acceptors (Lipinski definition) is 5. The lowest BCUT2D eigenvalue weighted by molar-refractivity contribution is 0.0499. The van der Waals surface area contributed by atoms with Crippen LogP contribution in [0.15, 0.2) is 78.9 Å². The highest BCUT2D eigenvalue weighted by molar-refractivity contribution is 7.92. The number of fused-ring (bicyclic) bond motifs is 1. The summed E-state index contributed by atoms with van der Waals surface area (Å²) in [6.07, 6.45) is 1.06. The number of benzene rings is 3. The molecule has 0 bridgehead atoms. The summed E-state index contributed by atoms with van der Waals surface area (Å²) in [5.41, 5.74) is 5.75. The molecule has 0 spiro atoms. The Morgan fingerprint density at radius 1 is 1.03 bits per heavy atom. The molecule has 8 heteroatoms. The van der Waals surface area contributed by atoms with Crippen LogP contribution in [0.1, 0.15) is 17.4 Å². The molecule has 7 nitrogen and oxygen atoms in total. The fourth-order valence-electron chi connectivity index (χ4n) is 4.52. The Kier molecular flexibility index (Phi) is 6.08. The molecular weight excluding hydrogens is 462 g/mol. The van der Waals surface area contributed by atoms with Gasteiger partial charge in [-0.15, -0.1) is 0 Å². The number of aliphatic hydroxyl groups is 1. The third-order valence-corrected chi connectivity index (χ3v) is 6.87. The molecule has 180 valence electrons. The second-order valence-electron chi connectivity index (χ2n) is 8.90. The molecule has 0 saturated carbocycles. The maximum absolute atomic E-state index is 11.8. The standard InChI is InChI=1S/C27H27N3O4S/c1-30-21(16-25(28-30)18-8-4-3-5-9-18)14-20-17-34-26-15-19(12-13-23(26)27(20)31)22-10-6-7-11-24(22)29-35(2,32)33/h3-13,15-16,20,27,29,31H,14,17H2,1-2H3/t20-,27+/m0/s1. The molecule has 0 aliphatic carbocycles. The van der Waals surface area contributed by atoms with Gasteiger partial charge in [0.2, 0.25) is 10.0 Å². The predicted molar refractivity (Wildman–Crippen MR) is 137 cm³/mol. The van der Waals surface area contributed by atoms with E-state index in [1.165, 1.54) is 0 Å². The van der Waals surface area contributed by atoms with Gasteiger partial charge in [0.25, 0.3) is 0 Å². The van der Waals surface area contributed by atoms with Crippen molar-refractivity contribution in [3.05, 3.63) is 90.1 Å². The van der Waals surface area contributed by atoms with Gasteiger partial charge in [0.05, 0.1) is 30.3 Å². The number of rotatable bonds is 6. The molecule has 5 rings (SSSR count). The number of aromatic nitrogens is 2. The van der Waals surface area contributed by atoms with Crippen LogP contribution < -0.4 is 9.46 Å². The van der Waals surface area contributed by atoms with E-state index < -0.39 is 16.1 Å². The first-order valence-corrected chi connectivity index (χ1v) is 13.3. The zero-order valence-corrected chi connectivity index (χ0v) is 20.4. The van der Waals surface area contributed by atoms with Gasteiger partial charge in [0.15, 0.2) is 0 Å². The van der Waals surface area contributed by atoms with E-state index in [1.54, 1.807) is 12.1 Å². The van der Waals surface area contributed by atoms with Crippen LogP contribution in [-0.2, 0) is 23.5 Å². The molecule has 3 aromatic carbocycles. The molecule has 0 saturated heterocycles. The van der Waals surface area contributed by atoms with Crippen molar-refractivity contribution in [3.63, 3.8) is 0 Å². The number of aliphatic hydroxyl groups excluding tert-OH is 1. The average Bonchev–Trinajstić information content (AvgIpc) is 3.21. The van der Waals surface area contributed by atoms with Crippen molar-refractivity contribution < 1.29 is 18.3 Å². The number of anilines is 1. The molecule has 35 heavy (non-hydrogen) atoms. The average molecular weight is 490 g/mol. The predicted octanol–water partition coefficient (Wildman–Crippen LogP) is 4.41. The van der Waals surface area contributed by atoms with Gasteiger partial charge < -0.3 is 9.84 Å². The minimum atomic E-state index is -3.42. The van der Waals surface area contributed by atoms with Gasteiger partial charge in [-0.05, 0) is 30.2 Å². The van der Waals surface area contributed by atoms with Gasteiger partial charge in [-0.2, -0.15) is 5.10 Å². The molecule has 0 amide bonds. The minimum absolute atomic E-state index is 0.119. The van der Waals surface area contributed by atoms with Crippen molar-refractivity contribution in [1.82, 2.24) is 9.78 Å². The normalized spacial score (nSPS) is 17.5. The van der Waals surface area contributed by atoms with Crippen LogP contribution in [0.2, 0.25) is 0 Å². The monoisotopic (exact) mass is 489 g/mol. The molecule has 1 aliphatic rings. The second-order valence-corrected chi connectivity index (χ2v) is 10.7. The lowest BCUT2D eigenvalue weighted by Crippen LogP contribution is -2.28. The van der Waals surface area contributed by atoms with Crippen molar-refractivity contribution in [3.8, 4) is 28.1 Å². The van der Waals surface area contributed by atoms with Crippen LogP contribution in [0, 0.1) is 5.92 Å². The summed E-state index contributed by atoms with van der Waals surface area (Å²) in [7, 11) is -1.50. The molecule has 0 unspecified atom stereocenters. The lowest BCUT2D eigenvalue weighted by Gasteiger charge is -2.30. The summed E-state index contributed by atoms with van der Waals surface area (Å²) in [6.45, 7) is 0.368. The first kappa shape index (κ1) is 23.1. The highest BCUT2D eigenvalue weighted by atomic mass is 32.2. The third-order valence-electron chi connectivity index (χ3n) is 6.28. The Hall–Kier alpha value is -3.62. The summed E-state index contributed by atoms with van der Waals surface area (Å²) in [4.78, 5) is 0. The zero-order chi connectivity index (χ0) is 24.6. The van der Waals surface area contributed by atoms with Crippen molar-refractivity contribution in [1.29, 1.82) is 0 Å². The van der Waals surface area contributed by atoms with Gasteiger partial charge in [0, 0.05) is 35.3 Å². The van der Waals surface area contributed by atoms with Crippen molar-refractivity contribution >= 4 is 15.7 Å². The van der Waals surface area contributed by atoms with E-state index in [0.717, 1.165) is 39.9 Å². The largest absolute Gasteiger partial charge is 0.493 e. The number of aryl methyl sites for hydroxylation is 1. The topological polar surface area (TPSA) is 93.5 Å². The molecule has 1 aromatic heterocycles. The Labute approximate surface area is 205 Å². The highest BCUT2D eigenvalue weighted by Gasteiger charge is 2.31. The SMILES string of the molecule is Cn1nc(-c2ccccc2)cc1C[C@H]1COc2cc(-c3ccccc3NS(C)(=O)=O)ccc2[C@@H]1O. The van der Waals surface area contributed by atoms with E-state index in [-0.39, 0.29) is 5.92 Å². The molecule has 4 aromatic rings. The molecule has 1 aliphatic heterocycles. The number of nitrogens with one attached hydrogen (secondary N) is 1. The van der Waals surface area contributed by atoms with Crippen LogP contribution in [-0.4, -0.2) is 36.2 Å². The number of nitrogens with zero attached hydrogens (tertiary/aromatic N) is 2. The number of para-hydroxylation sites is 1. The third kappa shape index (κ3) is 4.94. The molecule has 0 fully saturated rings. The Morgan fingerprint density at radius 2 is 1.77 bits per heavy atom. The summed E-state index contributed by atoms with van der Waals surface area (Å²) in [6, 6.07) is 24.9. The zero-order valence-electron chi connectivity index (χ0n) is 19.5. The Morgan fingerprint density at radius 3 is 2.54 bits per heavy atom. The summed E-state index contributed by atoms with van der Waals surface area (Å²) >= 11 is 0. The summed E-state index contributed by atoms with van der Waals surface area (Å²) in [5.74, 6) is 0.488. The lowest BCUT2D eigenvalue weighted by atomic mass is 9.88. The second kappa shape index (κ2) is 9.20. The molecule has 2 atom stereocenters. The smallest absolute Gasteiger partial charge is 0.229 e.